The summed E-state index contributed by atoms with van der Waals surface area (Å²) in [5.74, 6) is -1.43. The lowest BCUT2D eigenvalue weighted by molar-refractivity contribution is -0.148. The number of carbonyl (C=O) groups excluding carboxylic acids is 2. The lowest BCUT2D eigenvalue weighted by Crippen LogP contribution is -2.29. The SMILES string of the molecule is CCCCn1c(=O)c(CCC(=O)OCC(=O)NCc2ccc(C)c(F)c2)nc2ccccc21. The summed E-state index contributed by atoms with van der Waals surface area (Å²) in [6.45, 7) is 3.98. The van der Waals surface area contributed by atoms with Gasteiger partial charge in [0.25, 0.3) is 11.5 Å². The molecule has 0 radical (unpaired) electrons. The molecule has 174 valence electrons. The van der Waals surface area contributed by atoms with Crippen LogP contribution in [0.15, 0.2) is 47.3 Å². The van der Waals surface area contributed by atoms with Crippen LogP contribution in [0.2, 0.25) is 0 Å². The number of benzene rings is 2. The molecule has 0 atom stereocenters. The van der Waals surface area contributed by atoms with E-state index in [0.29, 0.717) is 28.9 Å². The van der Waals surface area contributed by atoms with Crippen molar-refractivity contribution in [3.63, 3.8) is 0 Å². The van der Waals surface area contributed by atoms with Crippen LogP contribution in [0.5, 0.6) is 0 Å². The third kappa shape index (κ3) is 6.47. The number of rotatable bonds is 10. The van der Waals surface area contributed by atoms with Gasteiger partial charge >= 0.3 is 5.97 Å². The highest BCUT2D eigenvalue weighted by Crippen LogP contribution is 2.12. The Labute approximate surface area is 191 Å². The van der Waals surface area contributed by atoms with Gasteiger partial charge in [-0.25, -0.2) is 9.37 Å². The number of aromatic nitrogens is 2. The number of ether oxygens (including phenoxy) is 1. The maximum Gasteiger partial charge on any atom is 0.306 e. The van der Waals surface area contributed by atoms with E-state index in [1.807, 2.05) is 24.3 Å². The molecule has 0 saturated carbocycles. The predicted molar refractivity (Wildman–Crippen MR) is 123 cm³/mol. The van der Waals surface area contributed by atoms with Gasteiger partial charge in [-0.05, 0) is 42.7 Å². The highest BCUT2D eigenvalue weighted by molar-refractivity contribution is 5.80. The van der Waals surface area contributed by atoms with Crippen LogP contribution in [-0.4, -0.2) is 28.0 Å². The molecule has 0 spiro atoms. The molecule has 8 heteroatoms. The molecule has 2 aromatic carbocycles. The van der Waals surface area contributed by atoms with Crippen LogP contribution in [0.3, 0.4) is 0 Å². The average molecular weight is 454 g/mol. The number of nitrogens with zero attached hydrogens (tertiary/aromatic N) is 2. The van der Waals surface area contributed by atoms with E-state index >= 15 is 0 Å². The number of carbonyl (C=O) groups is 2. The molecular formula is C25H28FN3O4. The van der Waals surface area contributed by atoms with Crippen molar-refractivity contribution in [1.29, 1.82) is 0 Å². The summed E-state index contributed by atoms with van der Waals surface area (Å²) in [5.41, 5.74) is 2.69. The van der Waals surface area contributed by atoms with Crippen LogP contribution in [0, 0.1) is 12.7 Å². The van der Waals surface area contributed by atoms with Crippen LogP contribution < -0.4 is 10.9 Å². The number of esters is 1. The van der Waals surface area contributed by atoms with E-state index in [-0.39, 0.29) is 30.8 Å². The highest BCUT2D eigenvalue weighted by Gasteiger charge is 2.14. The van der Waals surface area contributed by atoms with Crippen molar-refractivity contribution in [1.82, 2.24) is 14.9 Å². The molecule has 1 heterocycles. The first-order chi connectivity index (χ1) is 15.9. The molecule has 1 N–H and O–H groups in total. The minimum absolute atomic E-state index is 0.0647. The highest BCUT2D eigenvalue weighted by atomic mass is 19.1. The fourth-order valence-corrected chi connectivity index (χ4v) is 3.38. The van der Waals surface area contributed by atoms with Crippen LogP contribution in [0.25, 0.3) is 11.0 Å². The molecule has 33 heavy (non-hydrogen) atoms. The third-order valence-corrected chi connectivity index (χ3v) is 5.31. The summed E-state index contributed by atoms with van der Waals surface area (Å²) >= 11 is 0. The molecule has 0 aliphatic rings. The molecule has 7 nitrogen and oxygen atoms in total. The van der Waals surface area contributed by atoms with Crippen LogP contribution in [-0.2, 0) is 33.8 Å². The number of halogens is 1. The molecule has 3 aromatic rings. The van der Waals surface area contributed by atoms with Crippen molar-refractivity contribution in [3.8, 4) is 0 Å². The van der Waals surface area contributed by atoms with Crippen molar-refractivity contribution in [2.45, 2.75) is 52.6 Å². The van der Waals surface area contributed by atoms with Crippen LogP contribution in [0.1, 0.15) is 43.0 Å². The minimum atomic E-state index is -0.596. The van der Waals surface area contributed by atoms with Gasteiger partial charge in [-0.1, -0.05) is 37.6 Å². The van der Waals surface area contributed by atoms with Gasteiger partial charge in [0.15, 0.2) is 6.61 Å². The predicted octanol–water partition coefficient (Wildman–Crippen LogP) is 3.44. The molecule has 0 saturated heterocycles. The second-order valence-electron chi connectivity index (χ2n) is 7.88. The molecule has 0 unspecified atom stereocenters. The molecule has 1 amide bonds. The standard InChI is InChI=1S/C25H28FN3O4/c1-3-4-13-29-22-8-6-5-7-20(22)28-21(25(29)32)11-12-24(31)33-16-23(30)27-15-18-10-9-17(2)19(26)14-18/h5-10,14H,3-4,11-13,15-16H2,1-2H3,(H,27,30). The van der Waals surface area contributed by atoms with Crippen LogP contribution in [0.4, 0.5) is 4.39 Å². The maximum atomic E-state index is 13.6. The van der Waals surface area contributed by atoms with Crippen molar-refractivity contribution in [2.24, 2.45) is 0 Å². The first kappa shape index (κ1) is 24.1. The number of nitrogens with one attached hydrogen (secondary N) is 1. The topological polar surface area (TPSA) is 90.3 Å². The summed E-state index contributed by atoms with van der Waals surface area (Å²) in [4.78, 5) is 41.4. The molecule has 1 aromatic heterocycles. The molecule has 0 aliphatic carbocycles. The summed E-state index contributed by atoms with van der Waals surface area (Å²) < 4.78 is 20.3. The van der Waals surface area contributed by atoms with Crippen molar-refractivity contribution in [3.05, 3.63) is 75.5 Å². The monoisotopic (exact) mass is 453 g/mol. The maximum absolute atomic E-state index is 13.6. The van der Waals surface area contributed by atoms with E-state index in [2.05, 4.69) is 17.2 Å². The summed E-state index contributed by atoms with van der Waals surface area (Å²) in [6, 6.07) is 12.1. The Balaban J connectivity index is 1.54. The van der Waals surface area contributed by atoms with Gasteiger partial charge in [0.05, 0.1) is 17.5 Å². The van der Waals surface area contributed by atoms with Gasteiger partial charge in [0.1, 0.15) is 11.5 Å². The molecule has 0 fully saturated rings. The zero-order valence-electron chi connectivity index (χ0n) is 18.9. The first-order valence-electron chi connectivity index (χ1n) is 11.0. The van der Waals surface area contributed by atoms with Gasteiger partial charge < -0.3 is 14.6 Å². The number of aryl methyl sites for hydroxylation is 3. The second-order valence-corrected chi connectivity index (χ2v) is 7.88. The van der Waals surface area contributed by atoms with Gasteiger partial charge in [0.2, 0.25) is 0 Å². The summed E-state index contributed by atoms with van der Waals surface area (Å²) in [5, 5.41) is 2.58. The third-order valence-electron chi connectivity index (χ3n) is 5.31. The number of para-hydroxylation sites is 2. The number of hydrogen-bond donors (Lipinski definition) is 1. The van der Waals surface area contributed by atoms with Crippen molar-refractivity contribution >= 4 is 22.9 Å². The number of amides is 1. The average Bonchev–Trinajstić information content (AvgIpc) is 2.81. The zero-order chi connectivity index (χ0) is 23.8. The number of unbranched alkanes of at least 4 members (excludes halogenated alkanes) is 1. The second kappa shape index (κ2) is 11.4. The van der Waals surface area contributed by atoms with E-state index in [0.717, 1.165) is 18.4 Å². The number of hydrogen-bond acceptors (Lipinski definition) is 5. The van der Waals surface area contributed by atoms with E-state index < -0.39 is 18.5 Å². The van der Waals surface area contributed by atoms with E-state index in [9.17, 15) is 18.8 Å². The van der Waals surface area contributed by atoms with E-state index in [4.69, 9.17) is 4.74 Å². The fourth-order valence-electron chi connectivity index (χ4n) is 3.38. The Hall–Kier alpha value is -3.55. The van der Waals surface area contributed by atoms with Gasteiger partial charge in [-0.3, -0.25) is 14.4 Å². The van der Waals surface area contributed by atoms with E-state index in [1.54, 1.807) is 23.6 Å². The quantitative estimate of drug-likeness (QED) is 0.475. The smallest absolute Gasteiger partial charge is 0.306 e. The van der Waals surface area contributed by atoms with E-state index in [1.165, 1.54) is 6.07 Å². The van der Waals surface area contributed by atoms with Gasteiger partial charge in [-0.2, -0.15) is 0 Å². The molecule has 0 bridgehead atoms. The van der Waals surface area contributed by atoms with Gasteiger partial charge in [0, 0.05) is 19.5 Å². The Kier molecular flexibility index (Phi) is 8.29. The lowest BCUT2D eigenvalue weighted by Gasteiger charge is -2.12. The summed E-state index contributed by atoms with van der Waals surface area (Å²) in [6.07, 6.45) is 1.87. The Morgan fingerprint density at radius 1 is 1.18 bits per heavy atom. The van der Waals surface area contributed by atoms with Crippen molar-refractivity contribution in [2.75, 3.05) is 6.61 Å². The molecule has 3 rings (SSSR count). The van der Waals surface area contributed by atoms with Crippen LogP contribution >= 0.6 is 0 Å². The normalized spacial score (nSPS) is 10.9. The molecular weight excluding hydrogens is 425 g/mol. The zero-order valence-corrected chi connectivity index (χ0v) is 18.9. The molecule has 0 aliphatic heterocycles. The lowest BCUT2D eigenvalue weighted by atomic mass is 10.1. The Bertz CT molecular complexity index is 1210. The Morgan fingerprint density at radius 3 is 2.73 bits per heavy atom. The largest absolute Gasteiger partial charge is 0.456 e. The minimum Gasteiger partial charge on any atom is -0.456 e. The van der Waals surface area contributed by atoms with Crippen molar-refractivity contribution < 1.29 is 18.7 Å². The Morgan fingerprint density at radius 2 is 1.97 bits per heavy atom. The van der Waals surface area contributed by atoms with Gasteiger partial charge in [-0.15, -0.1) is 0 Å². The number of fused-ring (bicyclic) bond motifs is 1. The summed E-state index contributed by atoms with van der Waals surface area (Å²) in [7, 11) is 0. The fraction of sp³-hybridized carbons (Fsp3) is 0.360. The first-order valence-corrected chi connectivity index (χ1v) is 11.0.